The summed E-state index contributed by atoms with van der Waals surface area (Å²) >= 11 is 0. The van der Waals surface area contributed by atoms with Crippen LogP contribution in [0.2, 0.25) is 0 Å². The average Bonchev–Trinajstić information content (AvgIpc) is 2.55. The third kappa shape index (κ3) is 5.48. The molecule has 0 aromatic heterocycles. The molecule has 2 atom stereocenters. The van der Waals surface area contributed by atoms with Crippen molar-refractivity contribution in [3.05, 3.63) is 29.6 Å². The van der Waals surface area contributed by atoms with Crippen molar-refractivity contribution >= 4 is 5.91 Å². The van der Waals surface area contributed by atoms with Crippen LogP contribution in [0.25, 0.3) is 0 Å². The van der Waals surface area contributed by atoms with Crippen molar-refractivity contribution in [3.63, 3.8) is 0 Å². The first kappa shape index (κ1) is 17.7. The summed E-state index contributed by atoms with van der Waals surface area (Å²) in [6.45, 7) is 4.39. The molecule has 0 aliphatic carbocycles. The molecule has 1 heterocycles. The summed E-state index contributed by atoms with van der Waals surface area (Å²) in [4.78, 5) is 12.0. The van der Waals surface area contributed by atoms with Gasteiger partial charge in [0.25, 0.3) is 0 Å². The fourth-order valence-corrected chi connectivity index (χ4v) is 2.79. The number of amides is 1. The number of halogens is 1. The topological polar surface area (TPSA) is 59.6 Å². The predicted octanol–water partition coefficient (Wildman–Crippen LogP) is 2.03. The highest BCUT2D eigenvalue weighted by Crippen LogP contribution is 2.25. The number of nitrogens with one attached hydrogen (secondary N) is 2. The van der Waals surface area contributed by atoms with E-state index in [4.69, 9.17) is 9.47 Å². The maximum Gasteiger partial charge on any atom is 0.246 e. The first-order chi connectivity index (χ1) is 11.1. The van der Waals surface area contributed by atoms with Crippen LogP contribution in [0.3, 0.4) is 0 Å². The lowest BCUT2D eigenvalue weighted by atomic mass is 10.0. The van der Waals surface area contributed by atoms with E-state index >= 15 is 0 Å². The van der Waals surface area contributed by atoms with Gasteiger partial charge in [0.2, 0.25) is 5.91 Å². The largest absolute Gasteiger partial charge is 0.496 e. The number of hydrogen-bond acceptors (Lipinski definition) is 4. The van der Waals surface area contributed by atoms with Crippen LogP contribution < -0.4 is 15.4 Å². The number of rotatable bonds is 7. The standard InChI is InChI=1S/C17H25FN2O3/c1-12(15-8-14(18)5-6-16(15)22-2)20-17(21)11-23-10-13-4-3-7-19-9-13/h5-6,8,12-13,19H,3-4,7,9-11H2,1-2H3,(H,20,21)/t12-,13+/m0/s1. The Labute approximate surface area is 136 Å². The smallest absolute Gasteiger partial charge is 0.246 e. The summed E-state index contributed by atoms with van der Waals surface area (Å²) in [7, 11) is 1.52. The van der Waals surface area contributed by atoms with Crippen molar-refractivity contribution in [3.8, 4) is 5.75 Å². The Morgan fingerprint density at radius 2 is 2.35 bits per heavy atom. The van der Waals surface area contributed by atoms with E-state index in [-0.39, 0.29) is 24.4 Å². The summed E-state index contributed by atoms with van der Waals surface area (Å²) in [5.41, 5.74) is 0.609. The van der Waals surface area contributed by atoms with Crippen molar-refractivity contribution in [2.24, 2.45) is 5.92 Å². The minimum atomic E-state index is -0.358. The molecular formula is C17H25FN2O3. The molecule has 0 bridgehead atoms. The summed E-state index contributed by atoms with van der Waals surface area (Å²) < 4.78 is 24.1. The summed E-state index contributed by atoms with van der Waals surface area (Å²) in [5.74, 6) is 0.446. The number of piperidine rings is 1. The van der Waals surface area contributed by atoms with Crippen molar-refractivity contribution < 1.29 is 18.7 Å². The first-order valence-electron chi connectivity index (χ1n) is 8.01. The zero-order valence-electron chi connectivity index (χ0n) is 13.7. The molecule has 1 amide bonds. The Bertz CT molecular complexity index is 519. The Morgan fingerprint density at radius 1 is 1.52 bits per heavy atom. The van der Waals surface area contributed by atoms with Crippen LogP contribution >= 0.6 is 0 Å². The SMILES string of the molecule is COc1ccc(F)cc1[C@H](C)NC(=O)COC[C@@H]1CCCNC1. The van der Waals surface area contributed by atoms with Crippen molar-refractivity contribution in [2.75, 3.05) is 33.4 Å². The molecule has 23 heavy (non-hydrogen) atoms. The number of hydrogen-bond donors (Lipinski definition) is 2. The molecule has 0 unspecified atom stereocenters. The van der Waals surface area contributed by atoms with Crippen molar-refractivity contribution in [2.45, 2.75) is 25.8 Å². The molecule has 1 aliphatic heterocycles. The van der Waals surface area contributed by atoms with Gasteiger partial charge in [-0.2, -0.15) is 0 Å². The van der Waals surface area contributed by atoms with Crippen LogP contribution in [0, 0.1) is 11.7 Å². The maximum absolute atomic E-state index is 13.4. The molecule has 6 heteroatoms. The minimum absolute atomic E-state index is 0.0124. The van der Waals surface area contributed by atoms with E-state index in [1.54, 1.807) is 13.0 Å². The molecule has 1 aliphatic rings. The molecule has 2 rings (SSSR count). The Kier molecular flexibility index (Phi) is 6.80. The van der Waals surface area contributed by atoms with Gasteiger partial charge in [0.1, 0.15) is 18.2 Å². The van der Waals surface area contributed by atoms with Gasteiger partial charge in [-0.15, -0.1) is 0 Å². The van der Waals surface area contributed by atoms with Crippen LogP contribution in [-0.2, 0) is 9.53 Å². The van der Waals surface area contributed by atoms with E-state index in [2.05, 4.69) is 10.6 Å². The first-order valence-corrected chi connectivity index (χ1v) is 8.01. The molecule has 1 fully saturated rings. The van der Waals surface area contributed by atoms with Crippen LogP contribution in [0.5, 0.6) is 5.75 Å². The molecule has 0 radical (unpaired) electrons. The van der Waals surface area contributed by atoms with Crippen molar-refractivity contribution in [1.82, 2.24) is 10.6 Å². The zero-order valence-corrected chi connectivity index (χ0v) is 13.7. The van der Waals surface area contributed by atoms with E-state index in [9.17, 15) is 9.18 Å². The van der Waals surface area contributed by atoms with E-state index in [1.165, 1.54) is 19.2 Å². The fourth-order valence-electron chi connectivity index (χ4n) is 2.79. The molecule has 2 N–H and O–H groups in total. The molecule has 0 saturated carbocycles. The summed E-state index contributed by atoms with van der Waals surface area (Å²) in [6, 6.07) is 3.91. The Hall–Kier alpha value is -1.66. The molecule has 0 spiro atoms. The second-order valence-electron chi connectivity index (χ2n) is 5.90. The van der Waals surface area contributed by atoms with Crippen LogP contribution in [-0.4, -0.2) is 39.3 Å². The second-order valence-corrected chi connectivity index (χ2v) is 5.90. The van der Waals surface area contributed by atoms with Crippen molar-refractivity contribution in [1.29, 1.82) is 0 Å². The Balaban J connectivity index is 1.79. The van der Waals surface area contributed by atoms with Gasteiger partial charge < -0.3 is 20.1 Å². The third-order valence-electron chi connectivity index (χ3n) is 4.02. The van der Waals surface area contributed by atoms with Gasteiger partial charge in [0, 0.05) is 12.1 Å². The highest BCUT2D eigenvalue weighted by Gasteiger charge is 2.17. The van der Waals surface area contributed by atoms with E-state index < -0.39 is 0 Å². The maximum atomic E-state index is 13.4. The van der Waals surface area contributed by atoms with Gasteiger partial charge >= 0.3 is 0 Å². The summed E-state index contributed by atoms with van der Waals surface area (Å²) in [6.07, 6.45) is 2.28. The lowest BCUT2D eigenvalue weighted by molar-refractivity contribution is -0.126. The fraction of sp³-hybridized carbons (Fsp3) is 0.588. The van der Waals surface area contributed by atoms with Gasteiger partial charge in [-0.3, -0.25) is 4.79 Å². The van der Waals surface area contributed by atoms with Gasteiger partial charge in [0.05, 0.1) is 19.8 Å². The lowest BCUT2D eigenvalue weighted by Crippen LogP contribution is -2.34. The molecular weight excluding hydrogens is 299 g/mol. The normalized spacial score (nSPS) is 19.2. The Morgan fingerprint density at radius 3 is 3.04 bits per heavy atom. The van der Waals surface area contributed by atoms with Crippen LogP contribution in [0.1, 0.15) is 31.4 Å². The number of ether oxygens (including phenoxy) is 2. The highest BCUT2D eigenvalue weighted by atomic mass is 19.1. The van der Waals surface area contributed by atoms with Crippen LogP contribution in [0.15, 0.2) is 18.2 Å². The quantitative estimate of drug-likeness (QED) is 0.806. The van der Waals surface area contributed by atoms with Gasteiger partial charge in [0.15, 0.2) is 0 Å². The van der Waals surface area contributed by atoms with Gasteiger partial charge in [-0.25, -0.2) is 4.39 Å². The lowest BCUT2D eigenvalue weighted by Gasteiger charge is -2.22. The number of benzene rings is 1. The van der Waals surface area contributed by atoms with Gasteiger partial charge in [-0.1, -0.05) is 0 Å². The number of carbonyl (C=O) groups is 1. The van der Waals surface area contributed by atoms with Gasteiger partial charge in [-0.05, 0) is 50.4 Å². The monoisotopic (exact) mass is 324 g/mol. The van der Waals surface area contributed by atoms with E-state index in [0.29, 0.717) is 23.8 Å². The van der Waals surface area contributed by atoms with E-state index in [0.717, 1.165) is 25.9 Å². The molecule has 1 aromatic carbocycles. The number of carbonyl (C=O) groups excluding carboxylic acids is 1. The van der Waals surface area contributed by atoms with Crippen LogP contribution in [0.4, 0.5) is 4.39 Å². The molecule has 5 nitrogen and oxygen atoms in total. The third-order valence-corrected chi connectivity index (χ3v) is 4.02. The second kappa shape index (κ2) is 8.84. The minimum Gasteiger partial charge on any atom is -0.496 e. The highest BCUT2D eigenvalue weighted by molar-refractivity contribution is 5.77. The molecule has 128 valence electrons. The summed E-state index contributed by atoms with van der Waals surface area (Å²) in [5, 5.41) is 6.12. The molecule has 1 saturated heterocycles. The predicted molar refractivity (Wildman–Crippen MR) is 85.9 cm³/mol. The average molecular weight is 324 g/mol. The number of methoxy groups -OCH3 is 1. The molecule has 1 aromatic rings. The zero-order chi connectivity index (χ0) is 16.7. The van der Waals surface area contributed by atoms with E-state index in [1.807, 2.05) is 0 Å².